The van der Waals surface area contributed by atoms with Gasteiger partial charge in [0.05, 0.1) is 6.26 Å². The Balaban J connectivity index is 2.03. The molecule has 0 unspecified atom stereocenters. The minimum atomic E-state index is 0.162. The number of hydrogen-bond donors (Lipinski definition) is 0. The van der Waals surface area contributed by atoms with Gasteiger partial charge in [-0.15, -0.1) is 0 Å². The van der Waals surface area contributed by atoms with Gasteiger partial charge in [-0.1, -0.05) is 57.2 Å². The van der Waals surface area contributed by atoms with E-state index in [2.05, 4.69) is 69.3 Å². The van der Waals surface area contributed by atoms with Crippen LogP contribution in [-0.4, -0.2) is 0 Å². The third kappa shape index (κ3) is 2.49. The maximum absolute atomic E-state index is 5.69. The van der Waals surface area contributed by atoms with Gasteiger partial charge in [0.25, 0.3) is 0 Å². The Hall–Kier alpha value is -2.02. The summed E-state index contributed by atoms with van der Waals surface area (Å²) in [7, 11) is 0. The number of fused-ring (bicyclic) bond motifs is 1. The van der Waals surface area contributed by atoms with E-state index in [0.29, 0.717) is 0 Å². The summed E-state index contributed by atoms with van der Waals surface area (Å²) < 4.78 is 5.69. The van der Waals surface area contributed by atoms with Crippen molar-refractivity contribution in [1.29, 1.82) is 0 Å². The minimum absolute atomic E-state index is 0.162. The van der Waals surface area contributed by atoms with Crippen LogP contribution in [0.2, 0.25) is 0 Å². The molecule has 0 fully saturated rings. The zero-order valence-electron chi connectivity index (χ0n) is 12.3. The monoisotopic (exact) mass is 264 g/mol. The number of furan rings is 1. The van der Waals surface area contributed by atoms with E-state index in [1.165, 1.54) is 22.1 Å². The highest BCUT2D eigenvalue weighted by Gasteiger charge is 2.16. The van der Waals surface area contributed by atoms with Crippen LogP contribution in [0.3, 0.4) is 0 Å². The van der Waals surface area contributed by atoms with Gasteiger partial charge in [0.15, 0.2) is 0 Å². The summed E-state index contributed by atoms with van der Waals surface area (Å²) in [6, 6.07) is 17.1. The van der Waals surface area contributed by atoms with Gasteiger partial charge < -0.3 is 4.42 Å². The molecule has 0 spiro atoms. The van der Waals surface area contributed by atoms with E-state index in [0.717, 1.165) is 12.0 Å². The van der Waals surface area contributed by atoms with E-state index in [1.807, 2.05) is 6.26 Å². The first-order chi connectivity index (χ1) is 9.54. The normalized spacial score (nSPS) is 11.9. The molecule has 3 rings (SSSR count). The summed E-state index contributed by atoms with van der Waals surface area (Å²) in [6.45, 7) is 6.72. The summed E-state index contributed by atoms with van der Waals surface area (Å²) >= 11 is 0. The highest BCUT2D eigenvalue weighted by molar-refractivity contribution is 5.82. The predicted molar refractivity (Wildman–Crippen MR) is 84.2 cm³/mol. The molecule has 20 heavy (non-hydrogen) atoms. The SMILES string of the molecule is CC(C)(C)c1ccc2occ(Cc3ccccc3)c2c1. The van der Waals surface area contributed by atoms with Crippen molar-refractivity contribution in [3.05, 3.63) is 71.5 Å². The van der Waals surface area contributed by atoms with Gasteiger partial charge in [-0.3, -0.25) is 0 Å². The first-order valence-corrected chi connectivity index (χ1v) is 7.08. The number of benzene rings is 2. The molecule has 3 aromatic rings. The fourth-order valence-electron chi connectivity index (χ4n) is 2.50. The maximum Gasteiger partial charge on any atom is 0.134 e. The maximum atomic E-state index is 5.69. The van der Waals surface area contributed by atoms with Gasteiger partial charge in [-0.25, -0.2) is 0 Å². The Morgan fingerprint density at radius 2 is 1.70 bits per heavy atom. The highest BCUT2D eigenvalue weighted by Crippen LogP contribution is 2.29. The standard InChI is InChI=1S/C19H20O/c1-19(2,3)16-9-10-18-17(12-16)15(13-20-18)11-14-7-5-4-6-8-14/h4-10,12-13H,11H2,1-3H3. The van der Waals surface area contributed by atoms with Gasteiger partial charge in [0, 0.05) is 17.4 Å². The summed E-state index contributed by atoms with van der Waals surface area (Å²) in [5.74, 6) is 0. The molecule has 0 bridgehead atoms. The van der Waals surface area contributed by atoms with Gasteiger partial charge in [0.1, 0.15) is 5.58 Å². The van der Waals surface area contributed by atoms with Crippen LogP contribution < -0.4 is 0 Å². The predicted octanol–water partition coefficient (Wildman–Crippen LogP) is 5.32. The van der Waals surface area contributed by atoms with E-state index in [4.69, 9.17) is 4.42 Å². The van der Waals surface area contributed by atoms with Crippen molar-refractivity contribution < 1.29 is 4.42 Å². The molecule has 0 aliphatic rings. The van der Waals surface area contributed by atoms with Crippen LogP contribution in [0.5, 0.6) is 0 Å². The Labute approximate surface area is 120 Å². The van der Waals surface area contributed by atoms with Gasteiger partial charge in [-0.05, 0) is 28.7 Å². The van der Waals surface area contributed by atoms with Gasteiger partial charge in [0.2, 0.25) is 0 Å². The fraction of sp³-hybridized carbons (Fsp3) is 0.263. The van der Waals surface area contributed by atoms with Gasteiger partial charge in [-0.2, -0.15) is 0 Å². The lowest BCUT2D eigenvalue weighted by Crippen LogP contribution is -2.10. The lowest BCUT2D eigenvalue weighted by atomic mass is 9.86. The van der Waals surface area contributed by atoms with Crippen molar-refractivity contribution in [2.75, 3.05) is 0 Å². The molecule has 0 saturated heterocycles. The van der Waals surface area contributed by atoms with Crippen LogP contribution in [0, 0.1) is 0 Å². The van der Waals surface area contributed by atoms with Crippen LogP contribution in [0.25, 0.3) is 11.0 Å². The Morgan fingerprint density at radius 1 is 0.950 bits per heavy atom. The molecule has 0 amide bonds. The third-order valence-electron chi connectivity index (χ3n) is 3.76. The van der Waals surface area contributed by atoms with E-state index in [-0.39, 0.29) is 5.41 Å². The molecule has 102 valence electrons. The molecule has 0 radical (unpaired) electrons. The molecule has 0 N–H and O–H groups in total. The quantitative estimate of drug-likeness (QED) is 0.610. The zero-order chi connectivity index (χ0) is 14.2. The first kappa shape index (κ1) is 13.0. The second kappa shape index (κ2) is 4.82. The van der Waals surface area contributed by atoms with E-state index in [1.54, 1.807) is 0 Å². The average molecular weight is 264 g/mol. The molecular weight excluding hydrogens is 244 g/mol. The molecule has 2 aromatic carbocycles. The third-order valence-corrected chi connectivity index (χ3v) is 3.76. The summed E-state index contributed by atoms with van der Waals surface area (Å²) in [4.78, 5) is 0. The molecule has 0 aliphatic heterocycles. The Morgan fingerprint density at radius 3 is 2.40 bits per heavy atom. The second-order valence-corrected chi connectivity index (χ2v) is 6.38. The summed E-state index contributed by atoms with van der Waals surface area (Å²) in [5, 5.41) is 1.24. The molecule has 0 aliphatic carbocycles. The lowest BCUT2D eigenvalue weighted by molar-refractivity contribution is 0.589. The van der Waals surface area contributed by atoms with Crippen LogP contribution in [-0.2, 0) is 11.8 Å². The molecule has 0 atom stereocenters. The lowest BCUT2D eigenvalue weighted by Gasteiger charge is -2.18. The number of rotatable bonds is 2. The van der Waals surface area contributed by atoms with Crippen molar-refractivity contribution in [3.8, 4) is 0 Å². The zero-order valence-corrected chi connectivity index (χ0v) is 12.3. The smallest absolute Gasteiger partial charge is 0.134 e. The van der Waals surface area contributed by atoms with Crippen LogP contribution >= 0.6 is 0 Å². The molecule has 1 heterocycles. The van der Waals surface area contributed by atoms with E-state index in [9.17, 15) is 0 Å². The second-order valence-electron chi connectivity index (χ2n) is 6.38. The van der Waals surface area contributed by atoms with Crippen LogP contribution in [0.15, 0.2) is 59.2 Å². The van der Waals surface area contributed by atoms with Crippen molar-refractivity contribution in [2.24, 2.45) is 0 Å². The minimum Gasteiger partial charge on any atom is -0.464 e. The Kier molecular flexibility index (Phi) is 3.13. The molecule has 1 nitrogen and oxygen atoms in total. The summed E-state index contributed by atoms with van der Waals surface area (Å²) in [5.41, 5.74) is 5.06. The fourth-order valence-corrected chi connectivity index (χ4v) is 2.50. The van der Waals surface area contributed by atoms with Crippen LogP contribution in [0.1, 0.15) is 37.5 Å². The first-order valence-electron chi connectivity index (χ1n) is 7.08. The van der Waals surface area contributed by atoms with Crippen molar-refractivity contribution in [3.63, 3.8) is 0 Å². The molecular formula is C19H20O. The number of hydrogen-bond acceptors (Lipinski definition) is 1. The largest absolute Gasteiger partial charge is 0.464 e. The van der Waals surface area contributed by atoms with Gasteiger partial charge >= 0.3 is 0 Å². The average Bonchev–Trinajstić information content (AvgIpc) is 2.82. The highest BCUT2D eigenvalue weighted by atomic mass is 16.3. The van der Waals surface area contributed by atoms with Crippen molar-refractivity contribution in [1.82, 2.24) is 0 Å². The van der Waals surface area contributed by atoms with Crippen molar-refractivity contribution in [2.45, 2.75) is 32.6 Å². The molecule has 1 aromatic heterocycles. The van der Waals surface area contributed by atoms with E-state index >= 15 is 0 Å². The molecule has 0 saturated carbocycles. The van der Waals surface area contributed by atoms with E-state index < -0.39 is 0 Å². The topological polar surface area (TPSA) is 13.1 Å². The summed E-state index contributed by atoms with van der Waals surface area (Å²) in [6.07, 6.45) is 2.81. The van der Waals surface area contributed by atoms with Crippen molar-refractivity contribution >= 4 is 11.0 Å². The Bertz CT molecular complexity index is 714. The van der Waals surface area contributed by atoms with Crippen LogP contribution in [0.4, 0.5) is 0 Å². The molecule has 1 heteroatoms.